The van der Waals surface area contributed by atoms with Crippen LogP contribution in [0.15, 0.2) is 16.9 Å². The molecule has 7 heteroatoms. The number of hydrogen-bond acceptors (Lipinski definition) is 5. The number of anilines is 1. The Balaban J connectivity index is 1.62. The van der Waals surface area contributed by atoms with E-state index in [1.54, 1.807) is 13.1 Å². The lowest BCUT2D eigenvalue weighted by Crippen LogP contribution is -2.15. The van der Waals surface area contributed by atoms with Crippen molar-refractivity contribution in [1.82, 2.24) is 14.9 Å². The third-order valence-corrected chi connectivity index (χ3v) is 3.68. The summed E-state index contributed by atoms with van der Waals surface area (Å²) >= 11 is 0. The van der Waals surface area contributed by atoms with Gasteiger partial charge in [0.2, 0.25) is 5.91 Å². The summed E-state index contributed by atoms with van der Waals surface area (Å²) in [6.07, 6.45) is 4.70. The summed E-state index contributed by atoms with van der Waals surface area (Å²) in [4.78, 5) is 12.1. The third kappa shape index (κ3) is 2.97. The fraction of sp³-hybridized carbons (Fsp3) is 0.500. The van der Waals surface area contributed by atoms with E-state index in [-0.39, 0.29) is 18.4 Å². The van der Waals surface area contributed by atoms with E-state index in [0.29, 0.717) is 18.1 Å². The van der Waals surface area contributed by atoms with Crippen molar-refractivity contribution >= 4 is 11.6 Å². The second-order valence-corrected chi connectivity index (χ2v) is 5.25. The van der Waals surface area contributed by atoms with Gasteiger partial charge in [-0.25, -0.2) is 0 Å². The van der Waals surface area contributed by atoms with Crippen molar-refractivity contribution in [2.75, 3.05) is 18.5 Å². The van der Waals surface area contributed by atoms with Gasteiger partial charge >= 0.3 is 0 Å². The quantitative estimate of drug-likeness (QED) is 0.925. The molecule has 0 spiro atoms. The van der Waals surface area contributed by atoms with Crippen LogP contribution in [0.25, 0.3) is 0 Å². The molecule has 2 aromatic rings. The summed E-state index contributed by atoms with van der Waals surface area (Å²) in [6, 6.07) is 0.262. The van der Waals surface area contributed by atoms with E-state index in [0.717, 1.165) is 24.3 Å². The van der Waals surface area contributed by atoms with Gasteiger partial charge in [-0.15, -0.1) is 0 Å². The normalized spacial score (nSPS) is 18.1. The Morgan fingerprint density at radius 2 is 2.38 bits per heavy atom. The van der Waals surface area contributed by atoms with Crippen LogP contribution >= 0.6 is 0 Å². The molecule has 3 rings (SSSR count). The van der Waals surface area contributed by atoms with Crippen molar-refractivity contribution in [1.29, 1.82) is 0 Å². The highest BCUT2D eigenvalue weighted by atomic mass is 16.5. The second-order valence-electron chi connectivity index (χ2n) is 5.25. The topological polar surface area (TPSA) is 82.2 Å². The molecule has 0 saturated carbocycles. The van der Waals surface area contributed by atoms with Gasteiger partial charge < -0.3 is 14.6 Å². The fourth-order valence-electron chi connectivity index (χ4n) is 2.45. The molecule has 0 aliphatic carbocycles. The van der Waals surface area contributed by atoms with E-state index < -0.39 is 0 Å². The van der Waals surface area contributed by atoms with Crippen LogP contribution in [-0.2, 0) is 16.0 Å². The SMILES string of the molecule is Cc1noc(C)c1CC(=O)Nc1cnn([C@H]2CCOC2)c1. The standard InChI is InChI=1S/C14H18N4O3/c1-9-13(10(2)21-17-9)5-14(19)16-11-6-15-18(7-11)12-3-4-20-8-12/h6-7,12H,3-5,8H2,1-2H3,(H,16,19)/t12-/m0/s1. The highest BCUT2D eigenvalue weighted by molar-refractivity contribution is 5.92. The number of carbonyl (C=O) groups is 1. The van der Waals surface area contributed by atoms with Crippen molar-refractivity contribution in [2.45, 2.75) is 32.7 Å². The molecule has 3 heterocycles. The van der Waals surface area contributed by atoms with Gasteiger partial charge in [0.15, 0.2) is 0 Å². The third-order valence-electron chi connectivity index (χ3n) is 3.68. The van der Waals surface area contributed by atoms with E-state index >= 15 is 0 Å². The van der Waals surface area contributed by atoms with Crippen LogP contribution in [0.1, 0.15) is 29.5 Å². The predicted octanol–water partition coefficient (Wildman–Crippen LogP) is 1.63. The fourth-order valence-corrected chi connectivity index (χ4v) is 2.45. The van der Waals surface area contributed by atoms with Crippen molar-refractivity contribution in [2.24, 2.45) is 0 Å². The first-order chi connectivity index (χ1) is 10.1. The zero-order chi connectivity index (χ0) is 14.8. The lowest BCUT2D eigenvalue weighted by Gasteiger charge is -2.07. The van der Waals surface area contributed by atoms with E-state index in [9.17, 15) is 4.79 Å². The molecular formula is C14H18N4O3. The molecule has 0 unspecified atom stereocenters. The van der Waals surface area contributed by atoms with Crippen LogP contribution in [0.3, 0.4) is 0 Å². The first kappa shape index (κ1) is 13.8. The number of nitrogens with zero attached hydrogens (tertiary/aromatic N) is 3. The van der Waals surface area contributed by atoms with Crippen molar-refractivity contribution in [3.63, 3.8) is 0 Å². The molecule has 1 saturated heterocycles. The summed E-state index contributed by atoms with van der Waals surface area (Å²) in [5.41, 5.74) is 2.28. The predicted molar refractivity (Wildman–Crippen MR) is 75.0 cm³/mol. The number of amides is 1. The number of ether oxygens (including phenoxy) is 1. The van der Waals surface area contributed by atoms with Gasteiger partial charge in [0.25, 0.3) is 0 Å². The molecule has 0 radical (unpaired) electrons. The minimum atomic E-state index is -0.105. The molecule has 112 valence electrons. The van der Waals surface area contributed by atoms with Gasteiger partial charge in [-0.3, -0.25) is 9.48 Å². The minimum absolute atomic E-state index is 0.105. The first-order valence-corrected chi connectivity index (χ1v) is 6.97. The molecule has 1 aliphatic rings. The van der Waals surface area contributed by atoms with Crippen LogP contribution in [0, 0.1) is 13.8 Å². The molecule has 2 aromatic heterocycles. The van der Waals surface area contributed by atoms with Crippen molar-refractivity contribution in [3.8, 4) is 0 Å². The molecule has 1 atom stereocenters. The highest BCUT2D eigenvalue weighted by Gasteiger charge is 2.19. The van der Waals surface area contributed by atoms with E-state index in [1.807, 2.05) is 17.8 Å². The molecule has 0 bridgehead atoms. The number of nitrogens with one attached hydrogen (secondary N) is 1. The summed E-state index contributed by atoms with van der Waals surface area (Å²) in [6.45, 7) is 5.07. The van der Waals surface area contributed by atoms with Gasteiger partial charge in [-0.1, -0.05) is 5.16 Å². The minimum Gasteiger partial charge on any atom is -0.379 e. The van der Waals surface area contributed by atoms with E-state index in [4.69, 9.17) is 9.26 Å². The molecule has 1 amide bonds. The Hall–Kier alpha value is -2.15. The first-order valence-electron chi connectivity index (χ1n) is 6.97. The van der Waals surface area contributed by atoms with Crippen LogP contribution in [0.2, 0.25) is 0 Å². The zero-order valence-electron chi connectivity index (χ0n) is 12.1. The monoisotopic (exact) mass is 290 g/mol. The Morgan fingerprint density at radius 1 is 1.52 bits per heavy atom. The lowest BCUT2D eigenvalue weighted by molar-refractivity contribution is -0.115. The summed E-state index contributed by atoms with van der Waals surface area (Å²) in [5.74, 6) is 0.577. The molecule has 0 aromatic carbocycles. The molecule has 21 heavy (non-hydrogen) atoms. The van der Waals surface area contributed by atoms with Crippen LogP contribution in [0.4, 0.5) is 5.69 Å². The van der Waals surface area contributed by atoms with Crippen molar-refractivity contribution in [3.05, 3.63) is 29.4 Å². The second kappa shape index (κ2) is 5.69. The van der Waals surface area contributed by atoms with Gasteiger partial charge in [-0.05, 0) is 20.3 Å². The number of carbonyl (C=O) groups excluding carboxylic acids is 1. The van der Waals surface area contributed by atoms with Crippen LogP contribution in [-0.4, -0.2) is 34.1 Å². The maximum Gasteiger partial charge on any atom is 0.229 e. The molecular weight excluding hydrogens is 272 g/mol. The van der Waals surface area contributed by atoms with Crippen molar-refractivity contribution < 1.29 is 14.1 Å². The van der Waals surface area contributed by atoms with Gasteiger partial charge in [0.05, 0.1) is 36.6 Å². The average molecular weight is 290 g/mol. The largest absolute Gasteiger partial charge is 0.379 e. The number of aromatic nitrogens is 3. The lowest BCUT2D eigenvalue weighted by atomic mass is 10.1. The number of aryl methyl sites for hydroxylation is 2. The van der Waals surface area contributed by atoms with Gasteiger partial charge in [0, 0.05) is 18.4 Å². The van der Waals surface area contributed by atoms with E-state index in [2.05, 4.69) is 15.6 Å². The Bertz CT molecular complexity index is 621. The smallest absolute Gasteiger partial charge is 0.229 e. The molecule has 7 nitrogen and oxygen atoms in total. The molecule has 1 N–H and O–H groups in total. The highest BCUT2D eigenvalue weighted by Crippen LogP contribution is 2.20. The van der Waals surface area contributed by atoms with Gasteiger partial charge in [0.1, 0.15) is 5.76 Å². The van der Waals surface area contributed by atoms with Crippen LogP contribution in [0.5, 0.6) is 0 Å². The summed E-state index contributed by atoms with van der Waals surface area (Å²) in [5, 5.41) is 11.0. The average Bonchev–Trinajstić information content (AvgIpc) is 3.16. The van der Waals surface area contributed by atoms with Gasteiger partial charge in [-0.2, -0.15) is 5.10 Å². The number of hydrogen-bond donors (Lipinski definition) is 1. The maximum atomic E-state index is 12.1. The zero-order valence-corrected chi connectivity index (χ0v) is 12.1. The molecule has 1 aliphatic heterocycles. The van der Waals surface area contributed by atoms with E-state index in [1.165, 1.54) is 0 Å². The molecule has 1 fully saturated rings. The Kier molecular flexibility index (Phi) is 3.74. The maximum absolute atomic E-state index is 12.1. The summed E-state index contributed by atoms with van der Waals surface area (Å²) < 4.78 is 12.2. The Labute approximate surface area is 122 Å². The Morgan fingerprint density at radius 3 is 3.05 bits per heavy atom. The van der Waals surface area contributed by atoms with Crippen LogP contribution < -0.4 is 5.32 Å². The summed E-state index contributed by atoms with van der Waals surface area (Å²) in [7, 11) is 0. The number of rotatable bonds is 4.